The van der Waals surface area contributed by atoms with Crippen molar-refractivity contribution in [2.45, 2.75) is 44.4 Å². The lowest BCUT2D eigenvalue weighted by molar-refractivity contribution is 0.112. The number of hydrogen-bond donors (Lipinski definition) is 0. The Hall–Kier alpha value is -0.130. The molecule has 1 saturated carbocycles. The molecule has 0 unspecified atom stereocenters. The second-order valence-corrected chi connectivity index (χ2v) is 7.96. The van der Waals surface area contributed by atoms with Crippen LogP contribution in [0.25, 0.3) is 0 Å². The molecule has 0 aromatic rings. The predicted molar refractivity (Wildman–Crippen MR) is 69.4 cm³/mol. The first-order valence-electron chi connectivity index (χ1n) is 6.62. The van der Waals surface area contributed by atoms with Crippen LogP contribution in [0.5, 0.6) is 0 Å². The Morgan fingerprint density at radius 3 is 2.29 bits per heavy atom. The van der Waals surface area contributed by atoms with E-state index in [1.165, 1.54) is 0 Å². The predicted octanol–water partition coefficient (Wildman–Crippen LogP) is 1.14. The zero-order valence-corrected chi connectivity index (χ0v) is 11.9. The molecule has 0 aromatic heterocycles. The van der Waals surface area contributed by atoms with Crippen molar-refractivity contribution >= 4 is 10.0 Å². The first-order chi connectivity index (χ1) is 7.93. The molecule has 0 bridgehead atoms. The summed E-state index contributed by atoms with van der Waals surface area (Å²) in [4.78, 5) is 2.29. The normalized spacial score (nSPS) is 29.5. The monoisotopic (exact) mass is 260 g/mol. The standard InChI is InChI=1S/C12H24N2O2S/c1-10(2)12-9-14(8-7-13(12)3)17(15,16)11-5-4-6-11/h10-12H,4-9H2,1-3H3/t12-/m1/s1. The average molecular weight is 260 g/mol. The lowest BCUT2D eigenvalue weighted by Gasteiger charge is -2.42. The Morgan fingerprint density at radius 1 is 1.18 bits per heavy atom. The van der Waals surface area contributed by atoms with E-state index in [2.05, 4.69) is 25.8 Å². The summed E-state index contributed by atoms with van der Waals surface area (Å²) in [6, 6.07) is 0.360. The molecule has 2 aliphatic rings. The van der Waals surface area contributed by atoms with Crippen molar-refractivity contribution in [2.24, 2.45) is 5.92 Å². The third-order valence-corrected chi connectivity index (χ3v) is 6.63. The van der Waals surface area contributed by atoms with Crippen LogP contribution in [0.2, 0.25) is 0 Å². The van der Waals surface area contributed by atoms with Crippen LogP contribution in [0.1, 0.15) is 33.1 Å². The lowest BCUT2D eigenvalue weighted by Crippen LogP contribution is -2.57. The van der Waals surface area contributed by atoms with Gasteiger partial charge in [-0.05, 0) is 25.8 Å². The van der Waals surface area contributed by atoms with E-state index in [1.807, 2.05) is 0 Å². The Bertz CT molecular complexity index is 363. The van der Waals surface area contributed by atoms with Gasteiger partial charge in [0.1, 0.15) is 0 Å². The third-order valence-electron chi connectivity index (χ3n) is 4.26. The van der Waals surface area contributed by atoms with E-state index in [9.17, 15) is 8.42 Å². The highest BCUT2D eigenvalue weighted by molar-refractivity contribution is 7.89. The summed E-state index contributed by atoms with van der Waals surface area (Å²) in [5.74, 6) is 0.499. The number of piperazine rings is 1. The minimum atomic E-state index is -3.01. The molecule has 4 nitrogen and oxygen atoms in total. The number of rotatable bonds is 3. The summed E-state index contributed by atoms with van der Waals surface area (Å²) < 4.78 is 26.4. The molecule has 1 atom stereocenters. The summed E-state index contributed by atoms with van der Waals surface area (Å²) >= 11 is 0. The van der Waals surface area contributed by atoms with Crippen molar-refractivity contribution < 1.29 is 8.42 Å². The Kier molecular flexibility index (Phi) is 3.80. The summed E-state index contributed by atoms with van der Waals surface area (Å²) in [6.45, 7) is 6.53. The first-order valence-corrected chi connectivity index (χ1v) is 8.12. The zero-order valence-electron chi connectivity index (χ0n) is 11.1. The molecule has 0 aromatic carbocycles. The highest BCUT2D eigenvalue weighted by Gasteiger charge is 2.39. The van der Waals surface area contributed by atoms with Crippen molar-refractivity contribution in [3.63, 3.8) is 0 Å². The molecule has 1 aliphatic heterocycles. The number of nitrogens with zero attached hydrogens (tertiary/aromatic N) is 2. The van der Waals surface area contributed by atoms with E-state index in [-0.39, 0.29) is 5.25 Å². The maximum Gasteiger partial charge on any atom is 0.217 e. The van der Waals surface area contributed by atoms with E-state index >= 15 is 0 Å². The van der Waals surface area contributed by atoms with Gasteiger partial charge in [-0.15, -0.1) is 0 Å². The van der Waals surface area contributed by atoms with E-state index in [1.54, 1.807) is 4.31 Å². The molecular weight excluding hydrogens is 236 g/mol. The summed E-state index contributed by atoms with van der Waals surface area (Å²) in [5.41, 5.74) is 0. The summed E-state index contributed by atoms with van der Waals surface area (Å²) in [5, 5.41) is -0.0845. The number of likely N-dealkylation sites (N-methyl/N-ethyl adjacent to an activating group) is 1. The molecule has 0 spiro atoms. The molecule has 0 N–H and O–H groups in total. The van der Waals surface area contributed by atoms with E-state index < -0.39 is 10.0 Å². The molecule has 0 amide bonds. The number of sulfonamides is 1. The van der Waals surface area contributed by atoms with Crippen LogP contribution in [-0.2, 0) is 10.0 Å². The quantitative estimate of drug-likeness (QED) is 0.764. The topological polar surface area (TPSA) is 40.6 Å². The molecule has 1 aliphatic carbocycles. The fourth-order valence-electron chi connectivity index (χ4n) is 2.70. The summed E-state index contributed by atoms with van der Waals surface area (Å²) in [7, 11) is -0.913. The van der Waals surface area contributed by atoms with Gasteiger partial charge in [-0.1, -0.05) is 20.3 Å². The SMILES string of the molecule is CC(C)[C@H]1CN(S(=O)(=O)C2CCC2)CCN1C. The number of hydrogen-bond acceptors (Lipinski definition) is 3. The molecule has 17 heavy (non-hydrogen) atoms. The molecule has 2 fully saturated rings. The smallest absolute Gasteiger partial charge is 0.217 e. The van der Waals surface area contributed by atoms with Crippen LogP contribution in [0, 0.1) is 5.92 Å². The second-order valence-electron chi connectivity index (χ2n) is 5.75. The van der Waals surface area contributed by atoms with Gasteiger partial charge >= 0.3 is 0 Å². The van der Waals surface area contributed by atoms with Crippen LogP contribution in [-0.4, -0.2) is 55.6 Å². The van der Waals surface area contributed by atoms with Gasteiger partial charge in [-0.2, -0.15) is 4.31 Å². The highest BCUT2D eigenvalue weighted by atomic mass is 32.2. The minimum absolute atomic E-state index is 0.0845. The minimum Gasteiger partial charge on any atom is -0.301 e. The molecule has 0 radical (unpaired) electrons. The van der Waals surface area contributed by atoms with Gasteiger partial charge in [0.2, 0.25) is 10.0 Å². The second kappa shape index (κ2) is 4.86. The van der Waals surface area contributed by atoms with Crippen LogP contribution < -0.4 is 0 Å². The molecule has 1 heterocycles. The highest BCUT2D eigenvalue weighted by Crippen LogP contribution is 2.30. The largest absolute Gasteiger partial charge is 0.301 e. The molecule has 1 saturated heterocycles. The van der Waals surface area contributed by atoms with Gasteiger partial charge in [0.05, 0.1) is 5.25 Å². The summed E-state index contributed by atoms with van der Waals surface area (Å²) in [6.07, 6.45) is 2.80. The van der Waals surface area contributed by atoms with Crippen molar-refractivity contribution in [3.8, 4) is 0 Å². The van der Waals surface area contributed by atoms with Crippen molar-refractivity contribution in [1.29, 1.82) is 0 Å². The van der Waals surface area contributed by atoms with Crippen molar-refractivity contribution in [3.05, 3.63) is 0 Å². The fourth-order valence-corrected chi connectivity index (χ4v) is 4.75. The van der Waals surface area contributed by atoms with Gasteiger partial charge in [0.25, 0.3) is 0 Å². The third kappa shape index (κ3) is 2.51. The van der Waals surface area contributed by atoms with Crippen LogP contribution >= 0.6 is 0 Å². The van der Waals surface area contributed by atoms with E-state index in [4.69, 9.17) is 0 Å². The van der Waals surface area contributed by atoms with Gasteiger partial charge < -0.3 is 4.90 Å². The van der Waals surface area contributed by atoms with Gasteiger partial charge in [0.15, 0.2) is 0 Å². The Morgan fingerprint density at radius 2 is 1.82 bits per heavy atom. The maximum absolute atomic E-state index is 12.4. The Balaban J connectivity index is 2.07. The fraction of sp³-hybridized carbons (Fsp3) is 1.00. The van der Waals surface area contributed by atoms with Crippen molar-refractivity contribution in [2.75, 3.05) is 26.7 Å². The van der Waals surface area contributed by atoms with Gasteiger partial charge in [-0.3, -0.25) is 0 Å². The van der Waals surface area contributed by atoms with Crippen LogP contribution in [0.4, 0.5) is 0 Å². The van der Waals surface area contributed by atoms with Gasteiger partial charge in [0, 0.05) is 25.7 Å². The first kappa shape index (κ1) is 13.3. The van der Waals surface area contributed by atoms with E-state index in [0.29, 0.717) is 25.0 Å². The maximum atomic E-state index is 12.4. The molecule has 5 heteroatoms. The average Bonchev–Trinajstić information content (AvgIpc) is 2.13. The van der Waals surface area contributed by atoms with Crippen molar-refractivity contribution in [1.82, 2.24) is 9.21 Å². The van der Waals surface area contributed by atoms with Crippen LogP contribution in [0.15, 0.2) is 0 Å². The van der Waals surface area contributed by atoms with E-state index in [0.717, 1.165) is 25.8 Å². The van der Waals surface area contributed by atoms with Gasteiger partial charge in [-0.25, -0.2) is 8.42 Å². The lowest BCUT2D eigenvalue weighted by atomic mass is 10.00. The van der Waals surface area contributed by atoms with Crippen LogP contribution in [0.3, 0.4) is 0 Å². The Labute approximate surface area is 105 Å². The molecular formula is C12H24N2O2S. The zero-order chi connectivity index (χ0) is 12.6. The molecule has 2 rings (SSSR count). The molecule has 100 valence electrons.